The van der Waals surface area contributed by atoms with E-state index in [-0.39, 0.29) is 12.4 Å². The first kappa shape index (κ1) is 19.4. The second kappa shape index (κ2) is 10.1. The molecule has 2 aromatic carbocycles. The Morgan fingerprint density at radius 2 is 1.89 bits per heavy atom. The van der Waals surface area contributed by atoms with Gasteiger partial charge in [-0.2, -0.15) is 0 Å². The molecule has 0 aliphatic carbocycles. The summed E-state index contributed by atoms with van der Waals surface area (Å²) in [5, 5.41) is 2.70. The molecule has 2 atom stereocenters. The van der Waals surface area contributed by atoms with E-state index in [9.17, 15) is 4.79 Å². The van der Waals surface area contributed by atoms with E-state index in [0.29, 0.717) is 13.2 Å². The van der Waals surface area contributed by atoms with Crippen LogP contribution in [0.1, 0.15) is 30.9 Å². The zero-order chi connectivity index (χ0) is 18.9. The van der Waals surface area contributed by atoms with Crippen LogP contribution in [0, 0.1) is 0 Å². The molecule has 1 saturated heterocycles. The molecule has 3 rings (SSSR count). The Morgan fingerprint density at radius 3 is 2.63 bits per heavy atom. The van der Waals surface area contributed by atoms with Crippen molar-refractivity contribution in [1.29, 1.82) is 0 Å². The van der Waals surface area contributed by atoms with Crippen LogP contribution in [0.15, 0.2) is 54.6 Å². The van der Waals surface area contributed by atoms with Crippen molar-refractivity contribution in [2.24, 2.45) is 0 Å². The number of carbonyl (C=O) groups is 1. The number of amides is 1. The number of nitrogens with one attached hydrogen (secondary N) is 1. The summed E-state index contributed by atoms with van der Waals surface area (Å²) in [6.45, 7) is 2.81. The van der Waals surface area contributed by atoms with E-state index in [0.717, 1.165) is 31.4 Å². The van der Waals surface area contributed by atoms with E-state index >= 15 is 0 Å². The summed E-state index contributed by atoms with van der Waals surface area (Å²) < 4.78 is 16.6. The van der Waals surface area contributed by atoms with Crippen LogP contribution in [0.25, 0.3) is 0 Å². The third-order valence-corrected chi connectivity index (χ3v) is 4.52. The number of rotatable bonds is 8. The molecule has 0 saturated carbocycles. The van der Waals surface area contributed by atoms with E-state index in [1.807, 2.05) is 42.5 Å². The summed E-state index contributed by atoms with van der Waals surface area (Å²) in [6.07, 6.45) is 3.41. The van der Waals surface area contributed by atoms with Gasteiger partial charge in [0.05, 0.1) is 19.3 Å². The lowest BCUT2D eigenvalue weighted by Crippen LogP contribution is -2.14. The van der Waals surface area contributed by atoms with Gasteiger partial charge in [0, 0.05) is 12.1 Å². The predicted molar refractivity (Wildman–Crippen MR) is 105 cm³/mol. The second-order valence-corrected chi connectivity index (χ2v) is 6.65. The third-order valence-electron chi connectivity index (χ3n) is 4.52. The standard InChI is InChI=1S/C22H27NO4/c1-2-25-22(24)23-19-13-11-17(12-14-19)9-6-10-20-16-26-21(27-20)15-18-7-4-3-5-8-18/h3-5,7-8,11-14,20-21H,2,6,9-10,15-16H2,1H3,(H,23,24). The van der Waals surface area contributed by atoms with Crippen molar-refractivity contribution in [1.82, 2.24) is 0 Å². The van der Waals surface area contributed by atoms with Crippen molar-refractivity contribution in [3.63, 3.8) is 0 Å². The monoisotopic (exact) mass is 369 g/mol. The normalized spacial score (nSPS) is 19.0. The van der Waals surface area contributed by atoms with Gasteiger partial charge < -0.3 is 14.2 Å². The van der Waals surface area contributed by atoms with Crippen LogP contribution in [0.5, 0.6) is 0 Å². The maximum Gasteiger partial charge on any atom is 0.411 e. The average molecular weight is 369 g/mol. The Hall–Kier alpha value is -2.37. The molecule has 5 nitrogen and oxygen atoms in total. The highest BCUT2D eigenvalue weighted by molar-refractivity contribution is 5.84. The number of aryl methyl sites for hydroxylation is 1. The number of ether oxygens (including phenoxy) is 3. The zero-order valence-electron chi connectivity index (χ0n) is 15.7. The summed E-state index contributed by atoms with van der Waals surface area (Å²) in [5.41, 5.74) is 3.22. The van der Waals surface area contributed by atoms with Gasteiger partial charge in [0.25, 0.3) is 0 Å². The summed E-state index contributed by atoms with van der Waals surface area (Å²) in [5.74, 6) is 0. The topological polar surface area (TPSA) is 56.8 Å². The van der Waals surface area contributed by atoms with Crippen molar-refractivity contribution in [3.8, 4) is 0 Å². The first-order valence-electron chi connectivity index (χ1n) is 9.56. The zero-order valence-corrected chi connectivity index (χ0v) is 15.7. The smallest absolute Gasteiger partial charge is 0.411 e. The molecule has 1 amide bonds. The molecule has 2 aromatic rings. The van der Waals surface area contributed by atoms with Crippen LogP contribution >= 0.6 is 0 Å². The highest BCUT2D eigenvalue weighted by Gasteiger charge is 2.25. The van der Waals surface area contributed by atoms with Gasteiger partial charge in [0.2, 0.25) is 0 Å². The molecular formula is C22H27NO4. The number of carbonyl (C=O) groups excluding carboxylic acids is 1. The Labute approximate surface area is 160 Å². The predicted octanol–water partition coefficient (Wildman–Crippen LogP) is 4.56. The minimum absolute atomic E-state index is 0.134. The molecule has 144 valence electrons. The van der Waals surface area contributed by atoms with Gasteiger partial charge in [-0.1, -0.05) is 42.5 Å². The minimum atomic E-state index is -0.423. The van der Waals surface area contributed by atoms with Gasteiger partial charge in [-0.25, -0.2) is 4.79 Å². The Bertz CT molecular complexity index is 702. The molecule has 0 radical (unpaired) electrons. The summed E-state index contributed by atoms with van der Waals surface area (Å²) in [4.78, 5) is 11.4. The Balaban J connectivity index is 1.36. The fraction of sp³-hybridized carbons (Fsp3) is 0.409. The van der Waals surface area contributed by atoms with E-state index in [1.54, 1.807) is 6.92 Å². The molecule has 27 heavy (non-hydrogen) atoms. The number of hydrogen-bond donors (Lipinski definition) is 1. The van der Waals surface area contributed by atoms with Crippen LogP contribution in [0.4, 0.5) is 10.5 Å². The van der Waals surface area contributed by atoms with Crippen molar-refractivity contribution < 1.29 is 19.0 Å². The lowest BCUT2D eigenvalue weighted by molar-refractivity contribution is -0.0569. The van der Waals surface area contributed by atoms with Gasteiger partial charge in [0.1, 0.15) is 0 Å². The lowest BCUT2D eigenvalue weighted by atomic mass is 10.1. The maximum atomic E-state index is 11.4. The molecular weight excluding hydrogens is 342 g/mol. The molecule has 1 aliphatic heterocycles. The molecule has 1 fully saturated rings. The quantitative estimate of drug-likeness (QED) is 0.741. The number of benzene rings is 2. The Kier molecular flexibility index (Phi) is 7.25. The highest BCUT2D eigenvalue weighted by atomic mass is 16.7. The summed E-state index contributed by atoms with van der Waals surface area (Å²) in [7, 11) is 0. The van der Waals surface area contributed by atoms with Crippen molar-refractivity contribution in [3.05, 3.63) is 65.7 Å². The third kappa shape index (κ3) is 6.38. The summed E-state index contributed by atoms with van der Waals surface area (Å²) in [6, 6.07) is 18.2. The van der Waals surface area contributed by atoms with Gasteiger partial charge in [-0.3, -0.25) is 5.32 Å². The van der Waals surface area contributed by atoms with E-state index in [1.165, 1.54) is 11.1 Å². The molecule has 0 aromatic heterocycles. The molecule has 1 N–H and O–H groups in total. The lowest BCUT2D eigenvalue weighted by Gasteiger charge is -2.12. The molecule has 1 heterocycles. The number of anilines is 1. The first-order chi connectivity index (χ1) is 13.2. The minimum Gasteiger partial charge on any atom is -0.450 e. The van der Waals surface area contributed by atoms with Gasteiger partial charge in [-0.05, 0) is 49.4 Å². The molecule has 0 bridgehead atoms. The molecule has 5 heteroatoms. The van der Waals surface area contributed by atoms with E-state index in [2.05, 4.69) is 17.4 Å². The first-order valence-corrected chi connectivity index (χ1v) is 9.56. The maximum absolute atomic E-state index is 11.4. The van der Waals surface area contributed by atoms with Crippen LogP contribution in [-0.4, -0.2) is 31.7 Å². The Morgan fingerprint density at radius 1 is 1.11 bits per heavy atom. The largest absolute Gasteiger partial charge is 0.450 e. The molecule has 2 unspecified atom stereocenters. The molecule has 0 spiro atoms. The van der Waals surface area contributed by atoms with Gasteiger partial charge in [0.15, 0.2) is 6.29 Å². The van der Waals surface area contributed by atoms with Gasteiger partial charge >= 0.3 is 6.09 Å². The summed E-state index contributed by atoms with van der Waals surface area (Å²) >= 11 is 0. The van der Waals surface area contributed by atoms with Crippen LogP contribution < -0.4 is 5.32 Å². The highest BCUT2D eigenvalue weighted by Crippen LogP contribution is 2.20. The van der Waals surface area contributed by atoms with Crippen LogP contribution in [0.2, 0.25) is 0 Å². The second-order valence-electron chi connectivity index (χ2n) is 6.65. The number of hydrogen-bond acceptors (Lipinski definition) is 4. The van der Waals surface area contributed by atoms with E-state index in [4.69, 9.17) is 14.2 Å². The molecule has 1 aliphatic rings. The van der Waals surface area contributed by atoms with Crippen LogP contribution in [0.3, 0.4) is 0 Å². The fourth-order valence-electron chi connectivity index (χ4n) is 3.15. The average Bonchev–Trinajstić information content (AvgIpc) is 3.11. The van der Waals surface area contributed by atoms with E-state index < -0.39 is 6.09 Å². The fourth-order valence-corrected chi connectivity index (χ4v) is 3.15. The van der Waals surface area contributed by atoms with Gasteiger partial charge in [-0.15, -0.1) is 0 Å². The van der Waals surface area contributed by atoms with Crippen LogP contribution in [-0.2, 0) is 27.1 Å². The SMILES string of the molecule is CCOC(=O)Nc1ccc(CCCC2COC(Cc3ccccc3)O2)cc1. The van der Waals surface area contributed by atoms with Crippen molar-refractivity contribution in [2.45, 2.75) is 45.0 Å². The van der Waals surface area contributed by atoms with Crippen molar-refractivity contribution >= 4 is 11.8 Å². The van der Waals surface area contributed by atoms with Crippen molar-refractivity contribution in [2.75, 3.05) is 18.5 Å².